The average molecular weight is 215 g/mol. The third kappa shape index (κ3) is 2.83. The lowest BCUT2D eigenvalue weighted by Gasteiger charge is -2.06. The van der Waals surface area contributed by atoms with E-state index in [0.717, 1.165) is 16.9 Å². The molecule has 0 bridgehead atoms. The van der Waals surface area contributed by atoms with Gasteiger partial charge in [-0.25, -0.2) is 4.39 Å². The second kappa shape index (κ2) is 4.79. The van der Waals surface area contributed by atoms with Crippen LogP contribution in [0.3, 0.4) is 0 Å². The van der Waals surface area contributed by atoms with Crippen LogP contribution in [0.1, 0.15) is 11.1 Å². The van der Waals surface area contributed by atoms with Crippen molar-refractivity contribution in [1.82, 2.24) is 0 Å². The van der Waals surface area contributed by atoms with Gasteiger partial charge in [-0.15, -0.1) is 0 Å². The number of benzene rings is 2. The van der Waals surface area contributed by atoms with Gasteiger partial charge in [0.1, 0.15) is 18.2 Å². The minimum absolute atomic E-state index is 0.231. The Kier molecular flexibility index (Phi) is 3.20. The molecule has 0 N–H and O–H groups in total. The highest BCUT2D eigenvalue weighted by Crippen LogP contribution is 2.13. The summed E-state index contributed by atoms with van der Waals surface area (Å²) < 4.78 is 18.2. The zero-order chi connectivity index (χ0) is 11.4. The van der Waals surface area contributed by atoms with Crippen molar-refractivity contribution in [1.29, 1.82) is 0 Å². The maximum absolute atomic E-state index is 12.6. The molecule has 2 rings (SSSR count). The molecule has 0 heterocycles. The fraction of sp³-hybridized carbons (Fsp3) is 0.0714. The smallest absolute Gasteiger partial charge is 0.123 e. The molecule has 0 fully saturated rings. The van der Waals surface area contributed by atoms with Gasteiger partial charge in [-0.1, -0.05) is 24.3 Å². The van der Waals surface area contributed by atoms with Crippen molar-refractivity contribution >= 4 is 0 Å². The molecule has 0 saturated carbocycles. The van der Waals surface area contributed by atoms with Gasteiger partial charge in [-0.3, -0.25) is 0 Å². The Hall–Kier alpha value is -1.83. The summed E-state index contributed by atoms with van der Waals surface area (Å²) in [5.41, 5.74) is 1.90. The van der Waals surface area contributed by atoms with Crippen molar-refractivity contribution in [2.45, 2.75) is 6.61 Å². The maximum Gasteiger partial charge on any atom is 0.123 e. The van der Waals surface area contributed by atoms with Crippen LogP contribution in [0.15, 0.2) is 48.5 Å². The molecule has 81 valence electrons. The molecular formula is C14H12FO. The van der Waals surface area contributed by atoms with Gasteiger partial charge < -0.3 is 4.74 Å². The van der Waals surface area contributed by atoms with Crippen LogP contribution in [-0.4, -0.2) is 0 Å². The summed E-state index contributed by atoms with van der Waals surface area (Å²) in [4.78, 5) is 0. The minimum Gasteiger partial charge on any atom is -0.489 e. The number of hydrogen-bond donors (Lipinski definition) is 0. The summed E-state index contributed by atoms with van der Waals surface area (Å²) in [5.74, 6) is 0.557. The van der Waals surface area contributed by atoms with Crippen molar-refractivity contribution < 1.29 is 9.13 Å². The number of halogens is 1. The zero-order valence-electron chi connectivity index (χ0n) is 8.82. The monoisotopic (exact) mass is 215 g/mol. The first-order valence-corrected chi connectivity index (χ1v) is 5.03. The molecule has 0 spiro atoms. The summed E-state index contributed by atoms with van der Waals surface area (Å²) in [6, 6.07) is 13.8. The second-order valence-corrected chi connectivity index (χ2v) is 3.56. The molecule has 0 unspecified atom stereocenters. The molecule has 0 aromatic heterocycles. The first-order valence-electron chi connectivity index (χ1n) is 5.03. The molecule has 1 nitrogen and oxygen atoms in total. The van der Waals surface area contributed by atoms with E-state index in [0.29, 0.717) is 6.61 Å². The first-order chi connectivity index (χ1) is 7.74. The maximum atomic E-state index is 12.6. The fourth-order valence-electron chi connectivity index (χ4n) is 1.33. The summed E-state index contributed by atoms with van der Waals surface area (Å²) in [5, 5.41) is 0. The number of rotatable bonds is 3. The summed E-state index contributed by atoms with van der Waals surface area (Å²) in [6.45, 7) is 4.23. The van der Waals surface area contributed by atoms with Crippen LogP contribution in [0, 0.1) is 12.7 Å². The van der Waals surface area contributed by atoms with Crippen LogP contribution < -0.4 is 4.74 Å². The SMILES string of the molecule is [CH2]c1ccc(OCc2ccc(F)cc2)cc1. The molecule has 0 saturated heterocycles. The van der Waals surface area contributed by atoms with Gasteiger partial charge in [0.15, 0.2) is 0 Å². The highest BCUT2D eigenvalue weighted by Gasteiger charge is 1.96. The Morgan fingerprint density at radius 2 is 1.56 bits per heavy atom. The quantitative estimate of drug-likeness (QED) is 0.760. The molecule has 1 radical (unpaired) electrons. The van der Waals surface area contributed by atoms with Crippen molar-refractivity contribution in [3.05, 3.63) is 72.4 Å². The standard InChI is InChI=1S/C14H12FO/c1-11-2-8-14(9-3-11)16-10-12-4-6-13(15)7-5-12/h2-9H,1,10H2. The van der Waals surface area contributed by atoms with Crippen molar-refractivity contribution in [3.8, 4) is 5.75 Å². The van der Waals surface area contributed by atoms with Crippen LogP contribution in [0.5, 0.6) is 5.75 Å². The summed E-state index contributed by atoms with van der Waals surface area (Å²) in [7, 11) is 0. The van der Waals surface area contributed by atoms with E-state index < -0.39 is 0 Å². The lowest BCUT2D eigenvalue weighted by molar-refractivity contribution is 0.306. The molecular weight excluding hydrogens is 203 g/mol. The van der Waals surface area contributed by atoms with E-state index in [1.807, 2.05) is 24.3 Å². The fourth-order valence-corrected chi connectivity index (χ4v) is 1.33. The highest BCUT2D eigenvalue weighted by molar-refractivity contribution is 5.29. The van der Waals surface area contributed by atoms with E-state index >= 15 is 0 Å². The topological polar surface area (TPSA) is 9.23 Å². The lowest BCUT2D eigenvalue weighted by atomic mass is 10.2. The van der Waals surface area contributed by atoms with Gasteiger partial charge >= 0.3 is 0 Å². The van der Waals surface area contributed by atoms with Crippen LogP contribution >= 0.6 is 0 Å². The van der Waals surface area contributed by atoms with Gasteiger partial charge in [0.05, 0.1) is 0 Å². The molecule has 16 heavy (non-hydrogen) atoms. The predicted molar refractivity (Wildman–Crippen MR) is 61.6 cm³/mol. The van der Waals surface area contributed by atoms with Gasteiger partial charge in [0.25, 0.3) is 0 Å². The van der Waals surface area contributed by atoms with Crippen molar-refractivity contribution in [2.75, 3.05) is 0 Å². The molecule has 2 aromatic carbocycles. The summed E-state index contributed by atoms with van der Waals surface area (Å²) >= 11 is 0. The lowest BCUT2D eigenvalue weighted by Crippen LogP contribution is -1.95. The van der Waals surface area contributed by atoms with E-state index in [1.165, 1.54) is 12.1 Å². The normalized spacial score (nSPS) is 10.1. The van der Waals surface area contributed by atoms with E-state index in [9.17, 15) is 4.39 Å². The number of ether oxygens (including phenoxy) is 1. The molecule has 0 aliphatic heterocycles. The van der Waals surface area contributed by atoms with Gasteiger partial charge in [-0.05, 0) is 42.3 Å². The first kappa shape index (κ1) is 10.7. The van der Waals surface area contributed by atoms with Crippen LogP contribution in [0.25, 0.3) is 0 Å². The van der Waals surface area contributed by atoms with Gasteiger partial charge in [-0.2, -0.15) is 0 Å². The largest absolute Gasteiger partial charge is 0.489 e. The number of hydrogen-bond acceptors (Lipinski definition) is 1. The molecule has 0 atom stereocenters. The Balaban J connectivity index is 1.97. The van der Waals surface area contributed by atoms with Crippen LogP contribution in [-0.2, 0) is 6.61 Å². The van der Waals surface area contributed by atoms with Crippen molar-refractivity contribution in [3.63, 3.8) is 0 Å². The van der Waals surface area contributed by atoms with Crippen LogP contribution in [0.2, 0.25) is 0 Å². The van der Waals surface area contributed by atoms with E-state index in [-0.39, 0.29) is 5.82 Å². The Morgan fingerprint density at radius 3 is 2.19 bits per heavy atom. The average Bonchev–Trinajstić information content (AvgIpc) is 2.30. The van der Waals surface area contributed by atoms with Gasteiger partial charge in [0.2, 0.25) is 0 Å². The summed E-state index contributed by atoms with van der Waals surface area (Å²) in [6.07, 6.45) is 0. The second-order valence-electron chi connectivity index (χ2n) is 3.56. The molecule has 2 aromatic rings. The molecule has 2 heteroatoms. The van der Waals surface area contributed by atoms with Crippen LogP contribution in [0.4, 0.5) is 4.39 Å². The predicted octanol–water partition coefficient (Wildman–Crippen LogP) is 3.59. The minimum atomic E-state index is -0.231. The molecule has 0 aliphatic rings. The van der Waals surface area contributed by atoms with E-state index in [4.69, 9.17) is 4.74 Å². The third-order valence-electron chi connectivity index (χ3n) is 2.24. The Bertz CT molecular complexity index is 400. The van der Waals surface area contributed by atoms with E-state index in [1.54, 1.807) is 12.1 Å². The van der Waals surface area contributed by atoms with E-state index in [2.05, 4.69) is 6.92 Å². The Morgan fingerprint density at radius 1 is 0.938 bits per heavy atom. The Labute approximate surface area is 94.5 Å². The zero-order valence-corrected chi connectivity index (χ0v) is 8.82. The van der Waals surface area contributed by atoms with Gasteiger partial charge in [0, 0.05) is 0 Å². The molecule has 0 aliphatic carbocycles. The highest BCUT2D eigenvalue weighted by atomic mass is 19.1. The molecule has 0 amide bonds. The van der Waals surface area contributed by atoms with Crippen molar-refractivity contribution in [2.24, 2.45) is 0 Å². The third-order valence-corrected chi connectivity index (χ3v) is 2.24.